The molecular weight excluding hydrogens is 408 g/mol. The molecule has 0 heteroatoms. The Labute approximate surface area is 198 Å². The summed E-state index contributed by atoms with van der Waals surface area (Å²) >= 11 is 0. The van der Waals surface area contributed by atoms with Gasteiger partial charge in [0.1, 0.15) is 0 Å². The van der Waals surface area contributed by atoms with E-state index in [-0.39, 0.29) is 0 Å². The van der Waals surface area contributed by atoms with Gasteiger partial charge in [0, 0.05) is 0 Å². The van der Waals surface area contributed by atoms with E-state index in [1.165, 1.54) is 65.3 Å². The predicted molar refractivity (Wildman–Crippen MR) is 147 cm³/mol. The van der Waals surface area contributed by atoms with Gasteiger partial charge in [0.15, 0.2) is 0 Å². The Hall–Kier alpha value is -4.42. The third kappa shape index (κ3) is 2.86. The van der Waals surface area contributed by atoms with Gasteiger partial charge >= 0.3 is 0 Å². The van der Waals surface area contributed by atoms with Crippen molar-refractivity contribution in [3.63, 3.8) is 0 Å². The monoisotopic (exact) mass is 430 g/mol. The van der Waals surface area contributed by atoms with Crippen molar-refractivity contribution in [1.82, 2.24) is 0 Å². The Bertz CT molecular complexity index is 1830. The van der Waals surface area contributed by atoms with Crippen molar-refractivity contribution in [3.05, 3.63) is 133 Å². The number of rotatable bonds is 2. The lowest BCUT2D eigenvalue weighted by atomic mass is 9.86. The summed E-state index contributed by atoms with van der Waals surface area (Å²) in [6, 6.07) is 48.5. The normalized spacial score (nSPS) is 11.5. The molecule has 0 amide bonds. The molecule has 0 saturated heterocycles. The Morgan fingerprint density at radius 1 is 0.294 bits per heavy atom. The van der Waals surface area contributed by atoms with Gasteiger partial charge in [0.25, 0.3) is 0 Å². The van der Waals surface area contributed by atoms with Crippen LogP contribution >= 0.6 is 0 Å². The van der Waals surface area contributed by atoms with E-state index in [1.807, 2.05) is 0 Å². The van der Waals surface area contributed by atoms with Crippen LogP contribution in [0.15, 0.2) is 133 Å². The lowest BCUT2D eigenvalue weighted by molar-refractivity contribution is 1.64. The fourth-order valence-electron chi connectivity index (χ4n) is 5.51. The highest BCUT2D eigenvalue weighted by Gasteiger charge is 2.16. The van der Waals surface area contributed by atoms with E-state index in [9.17, 15) is 0 Å². The molecule has 0 nitrogen and oxygen atoms in total. The SMILES string of the molecule is c1ccc(-c2cccc3c2c(-c2ccccc2)cc2ccc4ccc5ccccc5c4c23)cc1. The van der Waals surface area contributed by atoms with E-state index in [0.717, 1.165) is 0 Å². The molecule has 34 heavy (non-hydrogen) atoms. The minimum absolute atomic E-state index is 1.25. The maximum absolute atomic E-state index is 2.39. The van der Waals surface area contributed by atoms with Gasteiger partial charge in [-0.3, -0.25) is 0 Å². The zero-order valence-corrected chi connectivity index (χ0v) is 18.7. The summed E-state index contributed by atoms with van der Waals surface area (Å²) in [5.74, 6) is 0. The number of hydrogen-bond donors (Lipinski definition) is 0. The van der Waals surface area contributed by atoms with Crippen molar-refractivity contribution in [3.8, 4) is 22.3 Å². The lowest BCUT2D eigenvalue weighted by Gasteiger charge is -2.17. The molecule has 0 heterocycles. The van der Waals surface area contributed by atoms with Crippen molar-refractivity contribution in [1.29, 1.82) is 0 Å². The molecule has 0 radical (unpaired) electrons. The molecule has 0 fully saturated rings. The highest BCUT2D eigenvalue weighted by molar-refractivity contribution is 6.30. The van der Waals surface area contributed by atoms with Gasteiger partial charge in [0.05, 0.1) is 0 Å². The average molecular weight is 431 g/mol. The molecule has 0 aliphatic heterocycles. The van der Waals surface area contributed by atoms with Crippen LogP contribution in [-0.4, -0.2) is 0 Å². The molecule has 0 saturated carbocycles. The quantitative estimate of drug-likeness (QED) is 0.239. The second-order valence-electron chi connectivity index (χ2n) is 8.93. The zero-order chi connectivity index (χ0) is 22.5. The topological polar surface area (TPSA) is 0 Å². The highest BCUT2D eigenvalue weighted by Crippen LogP contribution is 2.43. The van der Waals surface area contributed by atoms with Gasteiger partial charge in [-0.05, 0) is 71.4 Å². The molecule has 7 aromatic carbocycles. The number of benzene rings is 7. The van der Waals surface area contributed by atoms with Crippen LogP contribution in [0.3, 0.4) is 0 Å². The van der Waals surface area contributed by atoms with Crippen LogP contribution in [0.25, 0.3) is 65.3 Å². The first-order valence-electron chi connectivity index (χ1n) is 11.8. The number of fused-ring (bicyclic) bond motifs is 7. The third-order valence-electron chi connectivity index (χ3n) is 7.01. The van der Waals surface area contributed by atoms with Crippen LogP contribution in [-0.2, 0) is 0 Å². The smallest absolute Gasteiger partial charge is 0.00199 e. The maximum Gasteiger partial charge on any atom is -0.00199 e. The van der Waals surface area contributed by atoms with E-state index < -0.39 is 0 Å². The average Bonchev–Trinajstić information content (AvgIpc) is 2.92. The van der Waals surface area contributed by atoms with E-state index in [2.05, 4.69) is 133 Å². The van der Waals surface area contributed by atoms with Crippen molar-refractivity contribution in [2.75, 3.05) is 0 Å². The summed E-state index contributed by atoms with van der Waals surface area (Å²) in [5.41, 5.74) is 5.05. The second kappa shape index (κ2) is 7.57. The van der Waals surface area contributed by atoms with Crippen LogP contribution in [0.5, 0.6) is 0 Å². The van der Waals surface area contributed by atoms with E-state index in [4.69, 9.17) is 0 Å². The summed E-state index contributed by atoms with van der Waals surface area (Å²) in [6.45, 7) is 0. The standard InChI is InChI=1S/C34H22/c1-3-10-23(11-4-1)29-16-9-17-30-33-27(22-31(34(29)30)24-12-5-2-6-13-24)21-20-26-19-18-25-14-7-8-15-28(25)32(26)33/h1-22H. The molecule has 0 N–H and O–H groups in total. The second-order valence-corrected chi connectivity index (χ2v) is 8.93. The molecule has 0 unspecified atom stereocenters. The summed E-state index contributed by atoms with van der Waals surface area (Å²) in [5, 5.41) is 10.4. The summed E-state index contributed by atoms with van der Waals surface area (Å²) in [6.07, 6.45) is 0. The summed E-state index contributed by atoms with van der Waals surface area (Å²) in [7, 11) is 0. The van der Waals surface area contributed by atoms with Crippen molar-refractivity contribution in [2.45, 2.75) is 0 Å². The van der Waals surface area contributed by atoms with Gasteiger partial charge in [0.2, 0.25) is 0 Å². The van der Waals surface area contributed by atoms with Gasteiger partial charge in [-0.15, -0.1) is 0 Å². The molecule has 0 aliphatic carbocycles. The van der Waals surface area contributed by atoms with E-state index in [0.29, 0.717) is 0 Å². The fraction of sp³-hybridized carbons (Fsp3) is 0. The van der Waals surface area contributed by atoms with Crippen molar-refractivity contribution < 1.29 is 0 Å². The summed E-state index contributed by atoms with van der Waals surface area (Å²) in [4.78, 5) is 0. The molecule has 0 atom stereocenters. The first-order valence-corrected chi connectivity index (χ1v) is 11.8. The van der Waals surface area contributed by atoms with Crippen LogP contribution in [0.1, 0.15) is 0 Å². The molecule has 7 rings (SSSR count). The third-order valence-corrected chi connectivity index (χ3v) is 7.01. The van der Waals surface area contributed by atoms with Gasteiger partial charge in [-0.1, -0.05) is 127 Å². The maximum atomic E-state index is 2.39. The first kappa shape index (κ1) is 19.1. The molecular formula is C34H22. The van der Waals surface area contributed by atoms with Gasteiger partial charge in [-0.2, -0.15) is 0 Å². The largest absolute Gasteiger partial charge is 0.0622 e. The van der Waals surface area contributed by atoms with Crippen molar-refractivity contribution in [2.24, 2.45) is 0 Å². The lowest BCUT2D eigenvalue weighted by Crippen LogP contribution is -1.90. The van der Waals surface area contributed by atoms with Gasteiger partial charge in [-0.25, -0.2) is 0 Å². The first-order chi connectivity index (χ1) is 16.9. The highest BCUT2D eigenvalue weighted by atomic mass is 14.2. The van der Waals surface area contributed by atoms with E-state index >= 15 is 0 Å². The van der Waals surface area contributed by atoms with Crippen LogP contribution in [0.2, 0.25) is 0 Å². The molecule has 0 aromatic heterocycles. The molecule has 158 valence electrons. The number of hydrogen-bond acceptors (Lipinski definition) is 0. The van der Waals surface area contributed by atoms with Crippen molar-refractivity contribution >= 4 is 43.1 Å². The van der Waals surface area contributed by atoms with E-state index in [1.54, 1.807) is 0 Å². The minimum atomic E-state index is 1.25. The Balaban J connectivity index is 1.75. The van der Waals surface area contributed by atoms with Crippen LogP contribution in [0, 0.1) is 0 Å². The summed E-state index contributed by atoms with van der Waals surface area (Å²) < 4.78 is 0. The minimum Gasteiger partial charge on any atom is -0.0622 e. The molecule has 7 aromatic rings. The molecule has 0 spiro atoms. The Morgan fingerprint density at radius 3 is 1.62 bits per heavy atom. The fourth-order valence-corrected chi connectivity index (χ4v) is 5.51. The van der Waals surface area contributed by atoms with Crippen LogP contribution in [0.4, 0.5) is 0 Å². The zero-order valence-electron chi connectivity index (χ0n) is 18.7. The molecule has 0 bridgehead atoms. The Morgan fingerprint density at radius 2 is 0.853 bits per heavy atom. The predicted octanol–water partition coefficient (Wildman–Crippen LogP) is 9.63. The molecule has 0 aliphatic rings. The van der Waals surface area contributed by atoms with Gasteiger partial charge < -0.3 is 0 Å². The Kier molecular flexibility index (Phi) is 4.25. The van der Waals surface area contributed by atoms with Crippen LogP contribution < -0.4 is 0 Å².